The Kier molecular flexibility index (Phi) is 7.73. The van der Waals surface area contributed by atoms with E-state index in [4.69, 9.17) is 4.74 Å². The second kappa shape index (κ2) is 10.9. The Balaban J connectivity index is 1.45. The van der Waals surface area contributed by atoms with Crippen LogP contribution in [0.3, 0.4) is 0 Å². The topological polar surface area (TPSA) is 95.9 Å². The van der Waals surface area contributed by atoms with Gasteiger partial charge >= 0.3 is 12.1 Å². The SMILES string of the molecule is CC(C)C[C@H](NC(=O)OCC1c2ccccc2-c2ccccc21)C(=O)N(CC(=O)O)C1CCCC1. The number of carbonyl (C=O) groups is 3. The third-order valence-electron chi connectivity index (χ3n) is 7.00. The maximum atomic E-state index is 13.4. The van der Waals surface area contributed by atoms with Gasteiger partial charge in [-0.2, -0.15) is 0 Å². The second-order valence-electron chi connectivity index (χ2n) is 9.95. The third-order valence-corrected chi connectivity index (χ3v) is 7.00. The summed E-state index contributed by atoms with van der Waals surface area (Å²) >= 11 is 0. The van der Waals surface area contributed by atoms with Crippen LogP contribution in [0.2, 0.25) is 0 Å². The number of alkyl carbamates (subject to hydrolysis) is 1. The Morgan fingerprint density at radius 2 is 1.57 bits per heavy atom. The lowest BCUT2D eigenvalue weighted by atomic mass is 9.98. The summed E-state index contributed by atoms with van der Waals surface area (Å²) in [6, 6.07) is 15.3. The summed E-state index contributed by atoms with van der Waals surface area (Å²) in [4.78, 5) is 39.2. The van der Waals surface area contributed by atoms with E-state index in [1.54, 1.807) is 0 Å². The molecular formula is C28H34N2O5. The summed E-state index contributed by atoms with van der Waals surface area (Å²) < 4.78 is 5.65. The molecule has 35 heavy (non-hydrogen) atoms. The molecule has 0 radical (unpaired) electrons. The smallest absolute Gasteiger partial charge is 0.407 e. The van der Waals surface area contributed by atoms with Crippen LogP contribution in [-0.2, 0) is 14.3 Å². The van der Waals surface area contributed by atoms with Gasteiger partial charge in [-0.15, -0.1) is 0 Å². The van der Waals surface area contributed by atoms with Gasteiger partial charge in [-0.1, -0.05) is 75.2 Å². The van der Waals surface area contributed by atoms with Gasteiger partial charge in [0.1, 0.15) is 19.2 Å². The van der Waals surface area contributed by atoms with Gasteiger partial charge in [0, 0.05) is 12.0 Å². The lowest BCUT2D eigenvalue weighted by molar-refractivity contribution is -0.147. The van der Waals surface area contributed by atoms with E-state index in [1.165, 1.54) is 4.90 Å². The molecule has 7 nitrogen and oxygen atoms in total. The zero-order valence-electron chi connectivity index (χ0n) is 20.4. The molecule has 4 rings (SSSR count). The molecule has 2 aliphatic carbocycles. The zero-order valence-corrected chi connectivity index (χ0v) is 20.4. The number of rotatable bonds is 9. The molecule has 1 fully saturated rings. The minimum Gasteiger partial charge on any atom is -0.480 e. The Morgan fingerprint density at radius 3 is 2.11 bits per heavy atom. The van der Waals surface area contributed by atoms with Gasteiger partial charge in [0.25, 0.3) is 0 Å². The van der Waals surface area contributed by atoms with Crippen LogP contribution in [0.15, 0.2) is 48.5 Å². The van der Waals surface area contributed by atoms with Gasteiger partial charge in [-0.05, 0) is 47.4 Å². The summed E-state index contributed by atoms with van der Waals surface area (Å²) in [6.07, 6.45) is 3.28. The Morgan fingerprint density at radius 1 is 1.00 bits per heavy atom. The predicted molar refractivity (Wildman–Crippen MR) is 133 cm³/mol. The Labute approximate surface area is 206 Å². The van der Waals surface area contributed by atoms with E-state index in [2.05, 4.69) is 29.6 Å². The average molecular weight is 479 g/mol. The minimum atomic E-state index is -1.05. The summed E-state index contributed by atoms with van der Waals surface area (Å²) in [5.41, 5.74) is 4.52. The van der Waals surface area contributed by atoms with Gasteiger partial charge in [-0.3, -0.25) is 9.59 Å². The highest BCUT2D eigenvalue weighted by atomic mass is 16.5. The summed E-state index contributed by atoms with van der Waals surface area (Å²) in [7, 11) is 0. The number of hydrogen-bond donors (Lipinski definition) is 2. The van der Waals surface area contributed by atoms with Crippen molar-refractivity contribution in [2.24, 2.45) is 5.92 Å². The van der Waals surface area contributed by atoms with Crippen molar-refractivity contribution in [1.29, 1.82) is 0 Å². The molecule has 1 atom stereocenters. The van der Waals surface area contributed by atoms with Crippen LogP contribution in [0.25, 0.3) is 11.1 Å². The molecule has 0 unspecified atom stereocenters. The van der Waals surface area contributed by atoms with Crippen LogP contribution in [0, 0.1) is 5.92 Å². The van der Waals surface area contributed by atoms with Gasteiger partial charge in [-0.25, -0.2) is 4.79 Å². The molecule has 2 aromatic rings. The van der Waals surface area contributed by atoms with Crippen LogP contribution < -0.4 is 5.32 Å². The van der Waals surface area contributed by atoms with E-state index in [9.17, 15) is 19.5 Å². The van der Waals surface area contributed by atoms with Crippen molar-refractivity contribution < 1.29 is 24.2 Å². The summed E-state index contributed by atoms with van der Waals surface area (Å²) in [5, 5.41) is 12.2. The number of amides is 2. The summed E-state index contributed by atoms with van der Waals surface area (Å²) in [6.45, 7) is 3.74. The van der Waals surface area contributed by atoms with E-state index in [1.807, 2.05) is 38.1 Å². The quantitative estimate of drug-likeness (QED) is 0.540. The number of carboxylic acids is 1. The number of carbonyl (C=O) groups excluding carboxylic acids is 2. The predicted octanol–water partition coefficient (Wildman–Crippen LogP) is 4.80. The van der Waals surface area contributed by atoms with E-state index in [0.29, 0.717) is 6.42 Å². The normalized spacial score (nSPS) is 16.0. The first kappa shape index (κ1) is 24.8. The van der Waals surface area contributed by atoms with E-state index in [0.717, 1.165) is 47.9 Å². The first-order valence-corrected chi connectivity index (χ1v) is 12.5. The van der Waals surface area contributed by atoms with Crippen LogP contribution in [0.1, 0.15) is 63.0 Å². The van der Waals surface area contributed by atoms with Crippen LogP contribution in [0.5, 0.6) is 0 Å². The highest BCUT2D eigenvalue weighted by Gasteiger charge is 2.35. The lowest BCUT2D eigenvalue weighted by Crippen LogP contribution is -2.53. The standard InChI is InChI=1S/C28H34N2O5/c1-18(2)15-25(27(33)30(16-26(31)32)19-9-3-4-10-19)29-28(34)35-17-24-22-13-7-5-11-20(22)21-12-6-8-14-23(21)24/h5-8,11-14,18-19,24-25H,3-4,9-10,15-17H2,1-2H3,(H,29,34)(H,31,32)/t25-/m0/s1. The third kappa shape index (κ3) is 5.66. The van der Waals surface area contributed by atoms with Gasteiger partial charge in [0.2, 0.25) is 5.91 Å². The lowest BCUT2D eigenvalue weighted by Gasteiger charge is -2.32. The fourth-order valence-electron chi connectivity index (χ4n) is 5.42. The highest BCUT2D eigenvalue weighted by Crippen LogP contribution is 2.44. The Hall–Kier alpha value is -3.35. The summed E-state index contributed by atoms with van der Waals surface area (Å²) in [5.74, 6) is -1.33. The van der Waals surface area contributed by atoms with Gasteiger partial charge < -0.3 is 20.1 Å². The molecule has 0 aromatic heterocycles. The molecule has 0 heterocycles. The number of fused-ring (bicyclic) bond motifs is 3. The second-order valence-corrected chi connectivity index (χ2v) is 9.95. The molecule has 186 valence electrons. The number of benzene rings is 2. The fourth-order valence-corrected chi connectivity index (χ4v) is 5.42. The van der Waals surface area contributed by atoms with Crippen molar-refractivity contribution in [3.8, 4) is 11.1 Å². The molecule has 7 heteroatoms. The molecular weight excluding hydrogens is 444 g/mol. The van der Waals surface area contributed by atoms with Crippen LogP contribution in [0.4, 0.5) is 4.79 Å². The van der Waals surface area contributed by atoms with Crippen LogP contribution in [-0.4, -0.2) is 53.2 Å². The van der Waals surface area contributed by atoms with Gasteiger partial charge in [0.15, 0.2) is 0 Å². The highest BCUT2D eigenvalue weighted by molar-refractivity contribution is 5.88. The molecule has 2 aliphatic rings. The number of hydrogen-bond acceptors (Lipinski definition) is 4. The van der Waals surface area contributed by atoms with Crippen molar-refractivity contribution in [2.75, 3.05) is 13.2 Å². The first-order valence-electron chi connectivity index (χ1n) is 12.5. The van der Waals surface area contributed by atoms with Crippen molar-refractivity contribution in [2.45, 2.75) is 64.0 Å². The van der Waals surface area contributed by atoms with E-state index < -0.39 is 18.1 Å². The number of ether oxygens (including phenoxy) is 1. The monoisotopic (exact) mass is 478 g/mol. The number of aliphatic carboxylic acids is 1. The minimum absolute atomic E-state index is 0.0746. The molecule has 1 saturated carbocycles. The Bertz CT molecular complexity index is 1030. The van der Waals surface area contributed by atoms with E-state index in [-0.39, 0.29) is 36.9 Å². The number of carboxylic acid groups (broad SMARTS) is 1. The maximum absolute atomic E-state index is 13.4. The molecule has 2 amide bonds. The largest absolute Gasteiger partial charge is 0.480 e. The molecule has 2 aromatic carbocycles. The van der Waals surface area contributed by atoms with Crippen LogP contribution >= 0.6 is 0 Å². The van der Waals surface area contributed by atoms with Crippen molar-refractivity contribution in [3.05, 3.63) is 59.7 Å². The molecule has 0 bridgehead atoms. The van der Waals surface area contributed by atoms with E-state index >= 15 is 0 Å². The number of nitrogens with one attached hydrogen (secondary N) is 1. The molecule has 2 N–H and O–H groups in total. The average Bonchev–Trinajstić information content (AvgIpc) is 3.47. The molecule has 0 aliphatic heterocycles. The fraction of sp³-hybridized carbons (Fsp3) is 0.464. The first-order chi connectivity index (χ1) is 16.8. The molecule has 0 spiro atoms. The van der Waals surface area contributed by atoms with Crippen molar-refractivity contribution in [3.63, 3.8) is 0 Å². The maximum Gasteiger partial charge on any atom is 0.407 e. The van der Waals surface area contributed by atoms with Gasteiger partial charge in [0.05, 0.1) is 0 Å². The molecule has 0 saturated heterocycles. The zero-order chi connectivity index (χ0) is 24.9. The van der Waals surface area contributed by atoms with Crippen molar-refractivity contribution in [1.82, 2.24) is 10.2 Å². The number of nitrogens with zero attached hydrogens (tertiary/aromatic N) is 1. The van der Waals surface area contributed by atoms with Crippen molar-refractivity contribution >= 4 is 18.0 Å².